The Morgan fingerprint density at radius 3 is 2.81 bits per heavy atom. The molecule has 0 radical (unpaired) electrons. The van der Waals surface area contributed by atoms with Gasteiger partial charge in [0.15, 0.2) is 0 Å². The van der Waals surface area contributed by atoms with Gasteiger partial charge in [0.2, 0.25) is 0 Å². The van der Waals surface area contributed by atoms with Gasteiger partial charge in [-0.3, -0.25) is 0 Å². The minimum Gasteiger partial charge on any atom is -0.389 e. The lowest BCUT2D eigenvalue weighted by molar-refractivity contribution is 0.199. The van der Waals surface area contributed by atoms with Crippen molar-refractivity contribution >= 4 is 5.69 Å². The molecule has 1 heterocycles. The lowest BCUT2D eigenvalue weighted by Crippen LogP contribution is -2.28. The molecule has 0 aliphatic carbocycles. The predicted molar refractivity (Wildman–Crippen MR) is 63.1 cm³/mol. The summed E-state index contributed by atoms with van der Waals surface area (Å²) in [6, 6.07) is 5.27. The summed E-state index contributed by atoms with van der Waals surface area (Å²) in [7, 11) is 0. The van der Waals surface area contributed by atoms with Gasteiger partial charge in [-0.05, 0) is 32.8 Å². The number of benzene rings is 1. The first-order valence-corrected chi connectivity index (χ1v) is 5.84. The van der Waals surface area contributed by atoms with Crippen LogP contribution < -0.4 is 4.90 Å². The second kappa shape index (κ2) is 4.42. The third kappa shape index (κ3) is 1.92. The van der Waals surface area contributed by atoms with E-state index in [1.807, 2.05) is 0 Å². The molecule has 1 aliphatic heterocycles. The van der Waals surface area contributed by atoms with Crippen molar-refractivity contribution in [1.82, 2.24) is 0 Å². The van der Waals surface area contributed by atoms with E-state index in [9.17, 15) is 9.50 Å². The fourth-order valence-electron chi connectivity index (χ4n) is 2.44. The Hall–Kier alpha value is -1.09. The number of hydrogen-bond acceptors (Lipinski definition) is 2. The van der Waals surface area contributed by atoms with Crippen LogP contribution in [0.1, 0.15) is 38.4 Å². The molecule has 1 aliphatic rings. The first-order chi connectivity index (χ1) is 7.61. The van der Waals surface area contributed by atoms with Gasteiger partial charge in [0, 0.05) is 18.2 Å². The summed E-state index contributed by atoms with van der Waals surface area (Å²) in [6.07, 6.45) is 1.56. The average Bonchev–Trinajstić information content (AvgIpc) is 2.64. The number of halogens is 1. The molecule has 0 amide bonds. The minimum atomic E-state index is -0.626. The Bertz CT molecular complexity index is 378. The van der Waals surface area contributed by atoms with E-state index in [0.29, 0.717) is 17.3 Å². The van der Waals surface area contributed by atoms with E-state index in [4.69, 9.17) is 0 Å². The molecule has 2 rings (SSSR count). The van der Waals surface area contributed by atoms with Gasteiger partial charge in [0.1, 0.15) is 5.82 Å². The number of anilines is 1. The Kier molecular flexibility index (Phi) is 3.15. The van der Waals surface area contributed by atoms with Crippen molar-refractivity contribution in [3.8, 4) is 0 Å². The molecule has 1 aromatic carbocycles. The molecule has 1 saturated heterocycles. The Labute approximate surface area is 95.7 Å². The molecular formula is C13H18FNO. The van der Waals surface area contributed by atoms with Crippen molar-refractivity contribution in [1.29, 1.82) is 0 Å². The first-order valence-electron chi connectivity index (χ1n) is 5.84. The van der Waals surface area contributed by atoms with E-state index in [0.717, 1.165) is 19.4 Å². The molecule has 88 valence electrons. The third-order valence-corrected chi connectivity index (χ3v) is 3.31. The average molecular weight is 223 g/mol. The van der Waals surface area contributed by atoms with E-state index < -0.39 is 6.10 Å². The lowest BCUT2D eigenvalue weighted by atomic mass is 10.1. The van der Waals surface area contributed by atoms with Crippen molar-refractivity contribution < 1.29 is 9.50 Å². The van der Waals surface area contributed by atoms with E-state index in [2.05, 4.69) is 11.8 Å². The summed E-state index contributed by atoms with van der Waals surface area (Å²) in [6.45, 7) is 4.66. The van der Waals surface area contributed by atoms with Gasteiger partial charge in [-0.2, -0.15) is 0 Å². The SMILES string of the molecule is CC1CCCN1c1c(F)cccc1[C@H](C)O. The van der Waals surface area contributed by atoms with E-state index in [1.54, 1.807) is 19.1 Å². The zero-order valence-electron chi connectivity index (χ0n) is 9.78. The summed E-state index contributed by atoms with van der Waals surface area (Å²) < 4.78 is 13.9. The first kappa shape index (κ1) is 11.4. The Balaban J connectivity index is 2.45. The standard InChI is InChI=1S/C13H18FNO/c1-9-5-4-8-15(9)13-11(10(2)16)6-3-7-12(13)14/h3,6-7,9-10,16H,4-5,8H2,1-2H3/t9?,10-/m0/s1. The normalized spacial score (nSPS) is 22.5. The highest BCUT2D eigenvalue weighted by atomic mass is 19.1. The summed E-state index contributed by atoms with van der Waals surface area (Å²) in [5, 5.41) is 9.68. The van der Waals surface area contributed by atoms with Gasteiger partial charge in [-0.25, -0.2) is 4.39 Å². The van der Waals surface area contributed by atoms with Crippen LogP contribution in [0.25, 0.3) is 0 Å². The topological polar surface area (TPSA) is 23.5 Å². The van der Waals surface area contributed by atoms with E-state index >= 15 is 0 Å². The molecule has 0 spiro atoms. The fourth-order valence-corrected chi connectivity index (χ4v) is 2.44. The molecule has 1 N–H and O–H groups in total. The van der Waals surface area contributed by atoms with Crippen LogP contribution in [0.15, 0.2) is 18.2 Å². The monoisotopic (exact) mass is 223 g/mol. The second-order valence-electron chi connectivity index (χ2n) is 4.54. The molecule has 16 heavy (non-hydrogen) atoms. The zero-order valence-corrected chi connectivity index (χ0v) is 9.78. The van der Waals surface area contributed by atoms with Crippen molar-refractivity contribution in [2.75, 3.05) is 11.4 Å². The lowest BCUT2D eigenvalue weighted by Gasteiger charge is -2.27. The fraction of sp³-hybridized carbons (Fsp3) is 0.538. The van der Waals surface area contributed by atoms with E-state index in [-0.39, 0.29) is 5.82 Å². The summed E-state index contributed by atoms with van der Waals surface area (Å²) in [5.41, 5.74) is 1.27. The molecule has 3 heteroatoms. The van der Waals surface area contributed by atoms with Gasteiger partial charge in [0.05, 0.1) is 11.8 Å². The van der Waals surface area contributed by atoms with Crippen molar-refractivity contribution in [2.45, 2.75) is 38.8 Å². The minimum absolute atomic E-state index is 0.229. The van der Waals surface area contributed by atoms with Crippen LogP contribution >= 0.6 is 0 Å². The highest BCUT2D eigenvalue weighted by Crippen LogP contribution is 2.34. The molecule has 0 bridgehead atoms. The van der Waals surface area contributed by atoms with Gasteiger partial charge in [0.25, 0.3) is 0 Å². The van der Waals surface area contributed by atoms with Crippen LogP contribution in [0, 0.1) is 5.82 Å². The molecule has 1 unspecified atom stereocenters. The highest BCUT2D eigenvalue weighted by Gasteiger charge is 2.26. The molecule has 1 aromatic rings. The van der Waals surface area contributed by atoms with Gasteiger partial charge in [-0.15, -0.1) is 0 Å². The number of aliphatic hydroxyl groups excluding tert-OH is 1. The number of nitrogens with zero attached hydrogens (tertiary/aromatic N) is 1. The van der Waals surface area contributed by atoms with Crippen LogP contribution in [0.3, 0.4) is 0 Å². The summed E-state index contributed by atoms with van der Waals surface area (Å²) in [4.78, 5) is 2.07. The third-order valence-electron chi connectivity index (χ3n) is 3.31. The van der Waals surface area contributed by atoms with Crippen molar-refractivity contribution in [3.05, 3.63) is 29.6 Å². The zero-order chi connectivity index (χ0) is 11.7. The molecule has 2 nitrogen and oxygen atoms in total. The van der Waals surface area contributed by atoms with Crippen LogP contribution in [-0.2, 0) is 0 Å². The number of hydrogen-bond donors (Lipinski definition) is 1. The number of rotatable bonds is 2. The maximum atomic E-state index is 13.9. The highest BCUT2D eigenvalue weighted by molar-refractivity contribution is 5.57. The summed E-state index contributed by atoms with van der Waals surface area (Å²) in [5.74, 6) is -0.229. The Morgan fingerprint density at radius 2 is 2.25 bits per heavy atom. The van der Waals surface area contributed by atoms with Crippen LogP contribution in [0.5, 0.6) is 0 Å². The predicted octanol–water partition coefficient (Wildman–Crippen LogP) is 2.87. The van der Waals surface area contributed by atoms with Crippen molar-refractivity contribution in [3.63, 3.8) is 0 Å². The largest absolute Gasteiger partial charge is 0.389 e. The molecule has 1 fully saturated rings. The van der Waals surface area contributed by atoms with E-state index in [1.165, 1.54) is 6.07 Å². The maximum absolute atomic E-state index is 13.9. The maximum Gasteiger partial charge on any atom is 0.146 e. The van der Waals surface area contributed by atoms with Crippen LogP contribution in [0.4, 0.5) is 10.1 Å². The number of para-hydroxylation sites is 1. The smallest absolute Gasteiger partial charge is 0.146 e. The summed E-state index contributed by atoms with van der Waals surface area (Å²) >= 11 is 0. The quantitative estimate of drug-likeness (QED) is 0.833. The molecule has 0 saturated carbocycles. The van der Waals surface area contributed by atoms with Crippen molar-refractivity contribution in [2.24, 2.45) is 0 Å². The Morgan fingerprint density at radius 1 is 1.50 bits per heavy atom. The van der Waals surface area contributed by atoms with Crippen LogP contribution in [-0.4, -0.2) is 17.7 Å². The van der Waals surface area contributed by atoms with Gasteiger partial charge in [-0.1, -0.05) is 12.1 Å². The van der Waals surface area contributed by atoms with Crippen LogP contribution in [0.2, 0.25) is 0 Å². The molecule has 0 aromatic heterocycles. The molecule has 2 atom stereocenters. The van der Waals surface area contributed by atoms with Gasteiger partial charge >= 0.3 is 0 Å². The number of aliphatic hydroxyl groups is 1. The van der Waals surface area contributed by atoms with Gasteiger partial charge < -0.3 is 10.0 Å². The molecular weight excluding hydrogens is 205 g/mol. The second-order valence-corrected chi connectivity index (χ2v) is 4.54.